The number of benzene rings is 1. The Balaban J connectivity index is 2.48. The zero-order valence-corrected chi connectivity index (χ0v) is 12.9. The minimum absolute atomic E-state index is 0.0592. The molecule has 2 aromatic rings. The number of ether oxygens (including phenoxy) is 1. The lowest BCUT2D eigenvalue weighted by Crippen LogP contribution is -2.22. The molecule has 2 N–H and O–H groups in total. The van der Waals surface area contributed by atoms with Gasteiger partial charge in [-0.25, -0.2) is 0 Å². The Bertz CT molecular complexity index is 630. The summed E-state index contributed by atoms with van der Waals surface area (Å²) in [5.74, 6) is 0.747. The monoisotopic (exact) mass is 290 g/mol. The first-order valence-electron chi connectivity index (χ1n) is 6.20. The van der Waals surface area contributed by atoms with Gasteiger partial charge in [0.15, 0.2) is 0 Å². The quantitative estimate of drug-likeness (QED) is 0.945. The van der Waals surface area contributed by atoms with E-state index in [2.05, 4.69) is 0 Å². The molecule has 1 heterocycles. The van der Waals surface area contributed by atoms with Crippen LogP contribution in [0.5, 0.6) is 5.75 Å². The summed E-state index contributed by atoms with van der Waals surface area (Å²) in [6.45, 7) is 1.93. The Kier molecular flexibility index (Phi) is 3.99. The van der Waals surface area contributed by atoms with Crippen LogP contribution in [0.3, 0.4) is 0 Å². The smallest absolute Gasteiger partial charge is 0.256 e. The Hall–Kier alpha value is -2.01. The van der Waals surface area contributed by atoms with Crippen LogP contribution in [0.25, 0.3) is 10.4 Å². The molecule has 20 heavy (non-hydrogen) atoms. The molecule has 0 aliphatic heterocycles. The van der Waals surface area contributed by atoms with E-state index < -0.39 is 0 Å². The third-order valence-electron chi connectivity index (χ3n) is 3.15. The highest BCUT2D eigenvalue weighted by atomic mass is 32.1. The summed E-state index contributed by atoms with van der Waals surface area (Å²) in [6.07, 6.45) is 0. The highest BCUT2D eigenvalue weighted by Gasteiger charge is 2.21. The maximum Gasteiger partial charge on any atom is 0.256 e. The van der Waals surface area contributed by atoms with Gasteiger partial charge in [-0.1, -0.05) is 0 Å². The minimum atomic E-state index is -0.0592. The number of nitrogen functional groups attached to an aromatic ring is 1. The number of hydrogen-bond acceptors (Lipinski definition) is 4. The first kappa shape index (κ1) is 14.4. The lowest BCUT2D eigenvalue weighted by atomic mass is 10.1. The summed E-state index contributed by atoms with van der Waals surface area (Å²) in [4.78, 5) is 14.7. The molecular formula is C15H18N2O2S. The molecule has 0 radical (unpaired) electrons. The Labute approximate surface area is 122 Å². The van der Waals surface area contributed by atoms with Crippen molar-refractivity contribution in [3.8, 4) is 16.2 Å². The maximum atomic E-state index is 12.2. The molecule has 5 heteroatoms. The fraction of sp³-hybridized carbons (Fsp3) is 0.267. The highest BCUT2D eigenvalue weighted by Crippen LogP contribution is 2.38. The van der Waals surface area contributed by atoms with Gasteiger partial charge in [0.2, 0.25) is 0 Å². The third-order valence-corrected chi connectivity index (χ3v) is 4.32. The van der Waals surface area contributed by atoms with Crippen LogP contribution in [0.2, 0.25) is 0 Å². The fourth-order valence-electron chi connectivity index (χ4n) is 2.04. The number of nitrogens with two attached hydrogens (primary N) is 1. The molecule has 0 saturated heterocycles. The second-order valence-corrected chi connectivity index (χ2v) is 5.78. The van der Waals surface area contributed by atoms with Crippen LogP contribution >= 0.6 is 11.3 Å². The van der Waals surface area contributed by atoms with Gasteiger partial charge in [-0.2, -0.15) is 0 Å². The predicted octanol–water partition coefficient (Wildman–Crippen LogP) is 3.02. The standard InChI is InChI=1S/C15H18N2O2S/c1-9-12(15(18)17(2)3)14(16)20-13(9)10-5-7-11(19-4)8-6-10/h5-8H,16H2,1-4H3. The largest absolute Gasteiger partial charge is 0.497 e. The van der Waals surface area contributed by atoms with Crippen molar-refractivity contribution in [2.75, 3.05) is 26.9 Å². The van der Waals surface area contributed by atoms with Crippen molar-refractivity contribution in [2.45, 2.75) is 6.92 Å². The summed E-state index contributed by atoms with van der Waals surface area (Å²) in [5.41, 5.74) is 8.59. The van der Waals surface area contributed by atoms with E-state index in [1.165, 1.54) is 11.3 Å². The van der Waals surface area contributed by atoms with E-state index >= 15 is 0 Å². The van der Waals surface area contributed by atoms with Crippen molar-refractivity contribution >= 4 is 22.2 Å². The number of amides is 1. The van der Waals surface area contributed by atoms with Crippen molar-refractivity contribution in [1.29, 1.82) is 0 Å². The molecule has 0 saturated carbocycles. The van der Waals surface area contributed by atoms with Crippen LogP contribution in [-0.2, 0) is 0 Å². The lowest BCUT2D eigenvalue weighted by Gasteiger charge is -2.10. The summed E-state index contributed by atoms with van der Waals surface area (Å²) < 4.78 is 5.15. The Morgan fingerprint density at radius 2 is 1.85 bits per heavy atom. The van der Waals surface area contributed by atoms with Crippen molar-refractivity contribution in [3.05, 3.63) is 35.4 Å². The summed E-state index contributed by atoms with van der Waals surface area (Å²) in [5, 5.41) is 0.562. The van der Waals surface area contributed by atoms with E-state index in [1.54, 1.807) is 26.1 Å². The van der Waals surface area contributed by atoms with Crippen molar-refractivity contribution < 1.29 is 9.53 Å². The molecule has 0 atom stereocenters. The molecule has 1 aromatic carbocycles. The first-order chi connectivity index (χ1) is 9.45. The van der Waals surface area contributed by atoms with Gasteiger partial charge in [0.1, 0.15) is 5.75 Å². The van der Waals surface area contributed by atoms with E-state index in [4.69, 9.17) is 10.5 Å². The minimum Gasteiger partial charge on any atom is -0.497 e. The number of nitrogens with zero attached hydrogens (tertiary/aromatic N) is 1. The third kappa shape index (κ3) is 2.49. The molecule has 4 nitrogen and oxygen atoms in total. The second kappa shape index (κ2) is 5.54. The Morgan fingerprint density at radius 3 is 2.35 bits per heavy atom. The molecule has 0 fully saturated rings. The highest BCUT2D eigenvalue weighted by molar-refractivity contribution is 7.19. The van der Waals surface area contributed by atoms with Crippen LogP contribution in [0, 0.1) is 6.92 Å². The average Bonchev–Trinajstić information content (AvgIpc) is 2.73. The second-order valence-electron chi connectivity index (χ2n) is 4.72. The SMILES string of the molecule is COc1ccc(-c2sc(N)c(C(=O)N(C)C)c2C)cc1. The van der Waals surface area contributed by atoms with Gasteiger partial charge >= 0.3 is 0 Å². The number of anilines is 1. The van der Waals surface area contributed by atoms with Crippen molar-refractivity contribution in [1.82, 2.24) is 4.90 Å². The van der Waals surface area contributed by atoms with Gasteiger partial charge in [0, 0.05) is 19.0 Å². The normalized spacial score (nSPS) is 10.4. The van der Waals surface area contributed by atoms with Crippen LogP contribution in [0.4, 0.5) is 5.00 Å². The molecule has 0 spiro atoms. The topological polar surface area (TPSA) is 55.6 Å². The van der Waals surface area contributed by atoms with E-state index in [1.807, 2.05) is 31.2 Å². The number of rotatable bonds is 3. The maximum absolute atomic E-state index is 12.2. The van der Waals surface area contributed by atoms with Crippen molar-refractivity contribution in [2.24, 2.45) is 0 Å². The van der Waals surface area contributed by atoms with Gasteiger partial charge in [0.05, 0.1) is 17.7 Å². The van der Waals surface area contributed by atoms with Gasteiger partial charge < -0.3 is 15.4 Å². The molecule has 0 aliphatic rings. The van der Waals surface area contributed by atoms with E-state index in [0.717, 1.165) is 21.8 Å². The molecule has 0 bridgehead atoms. The van der Waals surface area contributed by atoms with Crippen LogP contribution in [-0.4, -0.2) is 32.0 Å². The molecule has 106 valence electrons. The van der Waals surface area contributed by atoms with Crippen LogP contribution in [0.1, 0.15) is 15.9 Å². The van der Waals surface area contributed by atoms with Gasteiger partial charge in [-0.3, -0.25) is 4.79 Å². The zero-order chi connectivity index (χ0) is 14.9. The number of hydrogen-bond donors (Lipinski definition) is 1. The lowest BCUT2D eigenvalue weighted by molar-refractivity contribution is 0.0828. The van der Waals surface area contributed by atoms with E-state index in [0.29, 0.717) is 10.6 Å². The van der Waals surface area contributed by atoms with Crippen molar-refractivity contribution in [3.63, 3.8) is 0 Å². The summed E-state index contributed by atoms with van der Waals surface area (Å²) >= 11 is 1.44. The van der Waals surface area contributed by atoms with Crippen LogP contribution < -0.4 is 10.5 Å². The van der Waals surface area contributed by atoms with E-state index in [9.17, 15) is 4.79 Å². The number of thiophene rings is 1. The molecule has 0 aliphatic carbocycles. The zero-order valence-electron chi connectivity index (χ0n) is 12.1. The number of methoxy groups -OCH3 is 1. The van der Waals surface area contributed by atoms with Gasteiger partial charge in [0.25, 0.3) is 5.91 Å². The number of carbonyl (C=O) groups is 1. The van der Waals surface area contributed by atoms with E-state index in [-0.39, 0.29) is 5.91 Å². The van der Waals surface area contributed by atoms with Gasteiger partial charge in [-0.15, -0.1) is 11.3 Å². The molecule has 1 aromatic heterocycles. The summed E-state index contributed by atoms with van der Waals surface area (Å²) in [7, 11) is 5.09. The first-order valence-corrected chi connectivity index (χ1v) is 7.02. The molecule has 0 unspecified atom stereocenters. The fourth-order valence-corrected chi connectivity index (χ4v) is 3.11. The molecule has 1 amide bonds. The molecule has 2 rings (SSSR count). The van der Waals surface area contributed by atoms with Gasteiger partial charge in [-0.05, 0) is 42.3 Å². The Morgan fingerprint density at radius 1 is 1.25 bits per heavy atom. The average molecular weight is 290 g/mol. The predicted molar refractivity (Wildman–Crippen MR) is 83.5 cm³/mol. The number of carbonyl (C=O) groups excluding carboxylic acids is 1. The summed E-state index contributed by atoms with van der Waals surface area (Å²) in [6, 6.07) is 7.75. The molecular weight excluding hydrogens is 272 g/mol. The van der Waals surface area contributed by atoms with Crippen LogP contribution in [0.15, 0.2) is 24.3 Å².